The number of nitrogens with zero attached hydrogens (tertiary/aromatic N) is 6. The van der Waals surface area contributed by atoms with Crippen molar-refractivity contribution in [2.45, 2.75) is 121 Å². The van der Waals surface area contributed by atoms with Crippen LogP contribution in [0.2, 0.25) is 0 Å². The van der Waals surface area contributed by atoms with Crippen LogP contribution in [0.3, 0.4) is 0 Å². The van der Waals surface area contributed by atoms with E-state index in [9.17, 15) is 24.6 Å². The van der Waals surface area contributed by atoms with Gasteiger partial charge >= 0.3 is 11.9 Å². The first kappa shape index (κ1) is 54.0. The number of allylic oxidation sites excluding steroid dienone is 24. The molecule has 0 amide bonds. The molecule has 10 heterocycles. The number of nitrogens with one attached hydrogen (secondary N) is 2. The summed E-state index contributed by atoms with van der Waals surface area (Å²) >= 11 is 0. The maximum absolute atomic E-state index is 13.9. The van der Waals surface area contributed by atoms with Crippen molar-refractivity contribution in [3.63, 3.8) is 0 Å². The molecule has 10 aliphatic heterocycles. The topological polar surface area (TPSA) is 208 Å². The van der Waals surface area contributed by atoms with Crippen LogP contribution in [-0.2, 0) is 23.9 Å². The number of rotatable bonds is 12. The van der Waals surface area contributed by atoms with E-state index in [1.807, 2.05) is 64.2 Å². The van der Waals surface area contributed by atoms with Crippen LogP contribution in [0.4, 0.5) is 0 Å². The number of aliphatic hydroxyl groups excluding tert-OH is 2. The third-order valence-corrected chi connectivity index (χ3v) is 18.4. The summed E-state index contributed by atoms with van der Waals surface area (Å²) in [5, 5.41) is 29.5. The van der Waals surface area contributed by atoms with Gasteiger partial charge < -0.3 is 30.3 Å². The number of ether oxygens (including phenoxy) is 2. The summed E-state index contributed by atoms with van der Waals surface area (Å²) in [4.78, 5) is 71.7. The van der Waals surface area contributed by atoms with Crippen LogP contribution in [0, 0.1) is 23.7 Å². The molecular formula is C67H68N8O7. The zero-order valence-corrected chi connectivity index (χ0v) is 48.3. The number of hydrogen-bond donors (Lipinski definition) is 4. The third kappa shape index (κ3) is 8.81. The molecular weight excluding hydrogens is 1030 g/mol. The van der Waals surface area contributed by atoms with Crippen LogP contribution in [0.1, 0.15) is 121 Å². The van der Waals surface area contributed by atoms with Crippen LogP contribution in [0.5, 0.6) is 0 Å². The molecule has 0 radical (unpaired) electrons. The summed E-state index contributed by atoms with van der Waals surface area (Å²) in [5.74, 6) is -1.12. The number of fused-ring (bicyclic) bond motifs is 10. The van der Waals surface area contributed by atoms with E-state index in [0.29, 0.717) is 53.2 Å². The lowest BCUT2D eigenvalue weighted by atomic mass is 9.86. The first-order valence-electron chi connectivity index (χ1n) is 28.7. The molecule has 82 heavy (non-hydrogen) atoms. The fraction of sp³-hybridized carbons (Fsp3) is 0.358. The van der Waals surface area contributed by atoms with Gasteiger partial charge in [-0.2, -0.15) is 0 Å². The molecule has 2 saturated heterocycles. The molecule has 15 heteroatoms. The highest BCUT2D eigenvalue weighted by atomic mass is 16.6. The Morgan fingerprint density at radius 2 is 1.17 bits per heavy atom. The van der Waals surface area contributed by atoms with Gasteiger partial charge in [0.1, 0.15) is 19.0 Å². The lowest BCUT2D eigenvalue weighted by Crippen LogP contribution is -2.18. The first-order chi connectivity index (χ1) is 39.4. The average molecular weight is 1100 g/mol. The molecule has 12 rings (SSSR count). The van der Waals surface area contributed by atoms with Crippen LogP contribution in [0.25, 0.3) is 0 Å². The van der Waals surface area contributed by atoms with Gasteiger partial charge in [-0.05, 0) is 148 Å². The Morgan fingerprint density at radius 1 is 0.610 bits per heavy atom. The molecule has 3 fully saturated rings. The number of carbonyl (C=O) groups excluding carboxylic acids is 3. The molecule has 15 nitrogen and oxygen atoms in total. The number of Topliss-reactive ketones (excluding diaryl/α,β-unsaturated/α-hetero) is 1. The minimum Gasteiger partial charge on any atom is -0.515 e. The van der Waals surface area contributed by atoms with Crippen molar-refractivity contribution in [1.82, 2.24) is 10.6 Å². The van der Waals surface area contributed by atoms with Gasteiger partial charge in [0, 0.05) is 106 Å². The largest absolute Gasteiger partial charge is 0.515 e. The molecule has 0 aromatic heterocycles. The summed E-state index contributed by atoms with van der Waals surface area (Å²) in [6, 6.07) is 0. The van der Waals surface area contributed by atoms with Gasteiger partial charge in [-0.25, -0.2) is 30.0 Å². The van der Waals surface area contributed by atoms with E-state index in [4.69, 9.17) is 39.4 Å². The Balaban J connectivity index is 0.745. The molecule has 16 bridgehead atoms. The minimum atomic E-state index is -0.432. The monoisotopic (exact) mass is 1100 g/mol. The summed E-state index contributed by atoms with van der Waals surface area (Å²) < 4.78 is 11.4. The average Bonchev–Trinajstić information content (AvgIpc) is 3.93. The Bertz CT molecular complexity index is 3890. The van der Waals surface area contributed by atoms with E-state index < -0.39 is 11.9 Å². The van der Waals surface area contributed by atoms with E-state index in [2.05, 4.69) is 64.8 Å². The smallest absolute Gasteiger partial charge is 0.305 e. The first-order valence-corrected chi connectivity index (χ1v) is 28.7. The Hall–Kier alpha value is -8.59. The van der Waals surface area contributed by atoms with Gasteiger partial charge in [0.05, 0.1) is 74.7 Å². The van der Waals surface area contributed by atoms with E-state index >= 15 is 0 Å². The standard InChI is InChI=1S/C67H68N8O7/c1-12-38-30(4)46-23-50-33(7)41(64(72-50)43-21-58(77)62-36(10)52(74-66(43)62)27-55-39(13-2)31(5)48(69-55)25-54(38)68-46)15-17-60(79)81-19-20-82-61(80)18-16-42-34(8)51-24-47-35(9)45(29-76)57(71-47)26-49-32(6)40(14-3)56(70-49)28-53-37(11)63-59(78)22-44(65(42)73-51)67(63)75-53/h12,23-29,33-34,41-42,72-73,76-77H,1,13-22H2,2-11H3/b45-29+,49-26?,50-23?,51-24?,53-28?,54-25?,55-27?,64-43?,65-44?. The van der Waals surface area contributed by atoms with Gasteiger partial charge in [0.2, 0.25) is 0 Å². The van der Waals surface area contributed by atoms with Crippen molar-refractivity contribution in [3.8, 4) is 0 Å². The summed E-state index contributed by atoms with van der Waals surface area (Å²) in [7, 11) is 0. The van der Waals surface area contributed by atoms with Crippen LogP contribution < -0.4 is 10.6 Å². The molecule has 4 unspecified atom stereocenters. The molecule has 0 aromatic carbocycles. The van der Waals surface area contributed by atoms with Gasteiger partial charge in [0.25, 0.3) is 0 Å². The summed E-state index contributed by atoms with van der Waals surface area (Å²) in [5.41, 5.74) is 25.0. The maximum atomic E-state index is 13.9. The van der Waals surface area contributed by atoms with Crippen molar-refractivity contribution < 1.29 is 34.1 Å². The van der Waals surface area contributed by atoms with Crippen LogP contribution >= 0.6 is 0 Å². The normalized spacial score (nSPS) is 25.7. The number of ketones is 1. The van der Waals surface area contributed by atoms with E-state index in [1.165, 1.54) is 0 Å². The minimum absolute atomic E-state index is 0.00134. The Kier molecular flexibility index (Phi) is 13.7. The number of carbonyl (C=O) groups is 3. The second-order valence-electron chi connectivity index (χ2n) is 22.9. The molecule has 0 spiro atoms. The molecule has 2 aliphatic carbocycles. The number of esters is 2. The highest BCUT2D eigenvalue weighted by molar-refractivity contribution is 6.38. The quantitative estimate of drug-likeness (QED) is 0.0831. The zero-order chi connectivity index (χ0) is 57.7. The van der Waals surface area contributed by atoms with Gasteiger partial charge in [0.15, 0.2) is 5.78 Å². The Morgan fingerprint density at radius 3 is 1.82 bits per heavy atom. The lowest BCUT2D eigenvalue weighted by Gasteiger charge is -2.18. The van der Waals surface area contributed by atoms with Crippen molar-refractivity contribution in [1.29, 1.82) is 0 Å². The fourth-order valence-electron chi connectivity index (χ4n) is 13.7. The van der Waals surface area contributed by atoms with Crippen LogP contribution in [0.15, 0.2) is 226 Å². The van der Waals surface area contributed by atoms with Crippen molar-refractivity contribution in [2.75, 3.05) is 13.2 Å². The van der Waals surface area contributed by atoms with Gasteiger partial charge in [-0.15, -0.1) is 0 Å². The maximum Gasteiger partial charge on any atom is 0.305 e. The molecule has 1 saturated carbocycles. The Labute approximate surface area is 478 Å². The van der Waals surface area contributed by atoms with Crippen molar-refractivity contribution >= 4 is 52.0 Å². The van der Waals surface area contributed by atoms with Crippen molar-refractivity contribution in [2.24, 2.45) is 53.6 Å². The van der Waals surface area contributed by atoms with Gasteiger partial charge in [-0.1, -0.05) is 40.3 Å². The summed E-state index contributed by atoms with van der Waals surface area (Å²) in [6.45, 7) is 24.5. The van der Waals surface area contributed by atoms with Crippen molar-refractivity contribution in [3.05, 3.63) is 196 Å². The highest BCUT2D eigenvalue weighted by Gasteiger charge is 2.45. The SMILES string of the molecule is C=CC1=C(C)C2=NC1=CC1=NC(=CC3=C(C)C4=C(O)CC(=C5NC(=C2)C(C)C5CCC(=O)OCCOC(=O)CCC2C5=C6CC(=O)C7=C(C)C(=CC8=NC(=CC9=NC(=C(C)/C9=C\O)C=C(N5)C2C)C(C)=C8CC)N=C67)C4=N3)C(CC)=C1C. The second kappa shape index (κ2) is 20.7. The molecule has 418 valence electrons. The van der Waals surface area contributed by atoms with Crippen LogP contribution in [-0.4, -0.2) is 75.4 Å². The number of aliphatic imine (C=N–C) groups is 6. The van der Waals surface area contributed by atoms with Gasteiger partial charge in [-0.3, -0.25) is 14.4 Å². The molecule has 4 N–H and O–H groups in total. The highest BCUT2D eigenvalue weighted by Crippen LogP contribution is 2.49. The number of hydrogen-bond acceptors (Lipinski definition) is 15. The lowest BCUT2D eigenvalue weighted by molar-refractivity contribution is -0.152. The van der Waals surface area contributed by atoms with E-state index in [1.54, 1.807) is 0 Å². The van der Waals surface area contributed by atoms with E-state index in [0.717, 1.165) is 154 Å². The molecule has 0 aromatic rings. The predicted molar refractivity (Wildman–Crippen MR) is 321 cm³/mol. The third-order valence-electron chi connectivity index (χ3n) is 18.4. The fourth-order valence-corrected chi connectivity index (χ4v) is 13.7. The van der Waals surface area contributed by atoms with E-state index in [-0.39, 0.29) is 67.7 Å². The molecule has 12 aliphatic rings. The predicted octanol–water partition coefficient (Wildman–Crippen LogP) is 12.4. The second-order valence-corrected chi connectivity index (χ2v) is 22.9. The zero-order valence-electron chi connectivity index (χ0n) is 48.3. The summed E-state index contributed by atoms with van der Waals surface area (Å²) in [6.07, 6.45) is 18.0. The molecule has 4 atom stereocenters. The number of aliphatic hydroxyl groups is 2.